The smallest absolute Gasteiger partial charge is 0.282 e. The van der Waals surface area contributed by atoms with Gasteiger partial charge in [-0.3, -0.25) is 14.9 Å². The third-order valence-electron chi connectivity index (χ3n) is 2.82. The van der Waals surface area contributed by atoms with Gasteiger partial charge in [0.2, 0.25) is 0 Å². The quantitative estimate of drug-likeness (QED) is 0.617. The first-order valence-electron chi connectivity index (χ1n) is 6.21. The molecule has 7 heteroatoms. The highest BCUT2D eigenvalue weighted by Gasteiger charge is 2.24. The van der Waals surface area contributed by atoms with Crippen LogP contribution in [0.4, 0.5) is 10.1 Å². The second-order valence-electron chi connectivity index (χ2n) is 4.85. The molecule has 2 N–H and O–H groups in total. The number of nitrogens with one attached hydrogen (secondary N) is 1. The minimum Gasteiger partial charge on any atom is -0.388 e. The van der Waals surface area contributed by atoms with Gasteiger partial charge in [-0.2, -0.15) is 0 Å². The monoisotopic (exact) mass is 284 g/mol. The Kier molecular flexibility index (Phi) is 5.15. The van der Waals surface area contributed by atoms with Crippen LogP contribution in [0.5, 0.6) is 0 Å². The second kappa shape index (κ2) is 6.42. The van der Waals surface area contributed by atoms with E-state index in [1.807, 2.05) is 6.92 Å². The molecule has 0 radical (unpaired) electrons. The van der Waals surface area contributed by atoms with Crippen molar-refractivity contribution in [2.24, 2.45) is 0 Å². The van der Waals surface area contributed by atoms with Gasteiger partial charge in [-0.1, -0.05) is 13.3 Å². The van der Waals surface area contributed by atoms with Gasteiger partial charge in [0.05, 0.1) is 10.5 Å². The molecule has 0 heterocycles. The third kappa shape index (κ3) is 4.27. The van der Waals surface area contributed by atoms with E-state index in [4.69, 9.17) is 0 Å². The fourth-order valence-corrected chi connectivity index (χ4v) is 1.84. The number of nitrogens with zero attached hydrogens (tertiary/aromatic N) is 1. The van der Waals surface area contributed by atoms with Crippen LogP contribution in [0, 0.1) is 15.9 Å². The summed E-state index contributed by atoms with van der Waals surface area (Å²) < 4.78 is 13.1. The highest BCUT2D eigenvalue weighted by molar-refractivity contribution is 5.98. The van der Waals surface area contributed by atoms with E-state index in [1.54, 1.807) is 6.92 Å². The number of rotatable bonds is 6. The van der Waals surface area contributed by atoms with Crippen molar-refractivity contribution in [2.75, 3.05) is 6.54 Å². The Morgan fingerprint density at radius 2 is 2.20 bits per heavy atom. The van der Waals surface area contributed by atoms with E-state index in [0.29, 0.717) is 6.42 Å². The number of nitro groups is 1. The zero-order chi connectivity index (χ0) is 15.3. The molecular formula is C13H17FN2O4. The summed E-state index contributed by atoms with van der Waals surface area (Å²) in [6, 6.07) is 2.67. The van der Waals surface area contributed by atoms with E-state index >= 15 is 0 Å². The zero-order valence-corrected chi connectivity index (χ0v) is 11.4. The fraction of sp³-hybridized carbons (Fsp3) is 0.462. The number of carbonyl (C=O) groups excluding carboxylic acids is 1. The Morgan fingerprint density at radius 1 is 1.55 bits per heavy atom. The summed E-state index contributed by atoms with van der Waals surface area (Å²) in [4.78, 5) is 21.9. The fourth-order valence-electron chi connectivity index (χ4n) is 1.84. The maximum absolute atomic E-state index is 13.1. The number of halogens is 1. The molecule has 1 unspecified atom stereocenters. The Hall–Kier alpha value is -2.02. The molecule has 0 saturated heterocycles. The first-order valence-corrected chi connectivity index (χ1v) is 6.21. The number of aliphatic hydroxyl groups is 1. The average Bonchev–Trinajstić information content (AvgIpc) is 2.35. The van der Waals surface area contributed by atoms with Crippen molar-refractivity contribution in [3.05, 3.63) is 39.7 Å². The van der Waals surface area contributed by atoms with E-state index in [9.17, 15) is 24.4 Å². The largest absolute Gasteiger partial charge is 0.388 e. The van der Waals surface area contributed by atoms with Gasteiger partial charge in [0.15, 0.2) is 0 Å². The first-order chi connectivity index (χ1) is 9.26. The standard InChI is InChI=1S/C13H17FN2O4/c1-3-6-13(2,18)8-15-12(17)10-7-9(14)4-5-11(10)16(19)20/h4-5,7,18H,3,6,8H2,1-2H3,(H,15,17). The molecule has 1 aromatic rings. The van der Waals surface area contributed by atoms with Gasteiger partial charge in [0.25, 0.3) is 11.6 Å². The van der Waals surface area contributed by atoms with Gasteiger partial charge in [-0.05, 0) is 25.5 Å². The SMILES string of the molecule is CCCC(C)(O)CNC(=O)c1cc(F)ccc1[N+](=O)[O-]. The summed E-state index contributed by atoms with van der Waals surface area (Å²) in [5, 5.41) is 23.1. The van der Waals surface area contributed by atoms with E-state index < -0.39 is 27.9 Å². The van der Waals surface area contributed by atoms with E-state index in [0.717, 1.165) is 24.6 Å². The van der Waals surface area contributed by atoms with Crippen LogP contribution in [-0.2, 0) is 0 Å². The van der Waals surface area contributed by atoms with Crippen molar-refractivity contribution >= 4 is 11.6 Å². The molecule has 1 rings (SSSR count). The van der Waals surface area contributed by atoms with Crippen molar-refractivity contribution in [2.45, 2.75) is 32.3 Å². The molecule has 20 heavy (non-hydrogen) atoms. The van der Waals surface area contributed by atoms with Crippen LogP contribution in [0.25, 0.3) is 0 Å². The summed E-state index contributed by atoms with van der Waals surface area (Å²) in [6.07, 6.45) is 1.20. The van der Waals surface area contributed by atoms with Crippen molar-refractivity contribution in [1.82, 2.24) is 5.32 Å². The van der Waals surface area contributed by atoms with Crippen molar-refractivity contribution in [1.29, 1.82) is 0 Å². The van der Waals surface area contributed by atoms with Gasteiger partial charge >= 0.3 is 0 Å². The summed E-state index contributed by atoms with van der Waals surface area (Å²) >= 11 is 0. The molecule has 1 aromatic carbocycles. The lowest BCUT2D eigenvalue weighted by Crippen LogP contribution is -2.40. The van der Waals surface area contributed by atoms with Crippen LogP contribution in [0.15, 0.2) is 18.2 Å². The molecule has 0 fully saturated rings. The molecular weight excluding hydrogens is 267 g/mol. The van der Waals surface area contributed by atoms with Gasteiger partial charge in [-0.15, -0.1) is 0 Å². The molecule has 0 aliphatic heterocycles. The van der Waals surface area contributed by atoms with Gasteiger partial charge in [-0.25, -0.2) is 4.39 Å². The number of hydrogen-bond donors (Lipinski definition) is 2. The van der Waals surface area contributed by atoms with Crippen LogP contribution in [0.3, 0.4) is 0 Å². The summed E-state index contributed by atoms with van der Waals surface area (Å²) in [6.45, 7) is 3.37. The maximum Gasteiger partial charge on any atom is 0.282 e. The molecule has 0 bridgehead atoms. The van der Waals surface area contributed by atoms with E-state index in [1.165, 1.54) is 0 Å². The number of amides is 1. The van der Waals surface area contributed by atoms with Crippen LogP contribution >= 0.6 is 0 Å². The van der Waals surface area contributed by atoms with Crippen LogP contribution < -0.4 is 5.32 Å². The Labute approximate surface area is 115 Å². The van der Waals surface area contributed by atoms with Crippen molar-refractivity contribution in [3.63, 3.8) is 0 Å². The second-order valence-corrected chi connectivity index (χ2v) is 4.85. The third-order valence-corrected chi connectivity index (χ3v) is 2.82. The summed E-state index contributed by atoms with van der Waals surface area (Å²) in [5.74, 6) is -1.52. The zero-order valence-electron chi connectivity index (χ0n) is 11.4. The number of hydrogen-bond acceptors (Lipinski definition) is 4. The minimum atomic E-state index is -1.10. The number of nitro benzene ring substituents is 1. The van der Waals surface area contributed by atoms with Crippen LogP contribution in [-0.4, -0.2) is 28.1 Å². The number of benzene rings is 1. The number of carbonyl (C=O) groups is 1. The molecule has 110 valence electrons. The topological polar surface area (TPSA) is 92.5 Å². The van der Waals surface area contributed by atoms with Crippen LogP contribution in [0.2, 0.25) is 0 Å². The summed E-state index contributed by atoms with van der Waals surface area (Å²) in [7, 11) is 0. The molecule has 0 aromatic heterocycles. The molecule has 0 spiro atoms. The van der Waals surface area contributed by atoms with Crippen LogP contribution in [0.1, 0.15) is 37.0 Å². The molecule has 0 aliphatic rings. The predicted octanol–water partition coefficient (Wildman–Crippen LogP) is 2.01. The van der Waals surface area contributed by atoms with Gasteiger partial charge in [0, 0.05) is 12.6 Å². The molecule has 1 atom stereocenters. The lowest BCUT2D eigenvalue weighted by molar-refractivity contribution is -0.385. The maximum atomic E-state index is 13.1. The van der Waals surface area contributed by atoms with Crippen molar-refractivity contribution < 1.29 is 19.2 Å². The lowest BCUT2D eigenvalue weighted by atomic mass is 10.0. The van der Waals surface area contributed by atoms with Crippen molar-refractivity contribution in [3.8, 4) is 0 Å². The Bertz CT molecular complexity index is 517. The predicted molar refractivity (Wildman–Crippen MR) is 70.9 cm³/mol. The van der Waals surface area contributed by atoms with E-state index in [2.05, 4.69) is 5.32 Å². The van der Waals surface area contributed by atoms with Gasteiger partial charge < -0.3 is 10.4 Å². The summed E-state index contributed by atoms with van der Waals surface area (Å²) in [5.41, 5.74) is -1.94. The molecule has 0 saturated carbocycles. The average molecular weight is 284 g/mol. The minimum absolute atomic E-state index is 0.0622. The lowest BCUT2D eigenvalue weighted by Gasteiger charge is -2.22. The van der Waals surface area contributed by atoms with Gasteiger partial charge in [0.1, 0.15) is 11.4 Å². The molecule has 0 aliphatic carbocycles. The normalized spacial score (nSPS) is 13.6. The highest BCUT2D eigenvalue weighted by Crippen LogP contribution is 2.19. The molecule has 6 nitrogen and oxygen atoms in total. The van der Waals surface area contributed by atoms with E-state index in [-0.39, 0.29) is 12.1 Å². The first kappa shape index (κ1) is 16.0. The Morgan fingerprint density at radius 3 is 2.75 bits per heavy atom. The Balaban J connectivity index is 2.87. The molecule has 1 amide bonds. The highest BCUT2D eigenvalue weighted by atomic mass is 19.1.